The van der Waals surface area contributed by atoms with Crippen molar-refractivity contribution < 1.29 is 0 Å². The van der Waals surface area contributed by atoms with Gasteiger partial charge < -0.3 is 10.2 Å². The molecule has 19 heavy (non-hydrogen) atoms. The fourth-order valence-electron chi connectivity index (χ4n) is 4.02. The van der Waals surface area contributed by atoms with E-state index in [0.29, 0.717) is 5.54 Å². The van der Waals surface area contributed by atoms with Crippen molar-refractivity contribution in [3.8, 4) is 0 Å². The lowest BCUT2D eigenvalue weighted by molar-refractivity contribution is 0.0557. The summed E-state index contributed by atoms with van der Waals surface area (Å²) in [5.74, 6) is 0.928. The Morgan fingerprint density at radius 3 is 2.26 bits per heavy atom. The normalized spacial score (nSPS) is 25.1. The second kappa shape index (κ2) is 6.55. The van der Waals surface area contributed by atoms with Gasteiger partial charge in [-0.3, -0.25) is 4.90 Å². The summed E-state index contributed by atoms with van der Waals surface area (Å²) in [6.45, 7) is 9.61. The second-order valence-corrected chi connectivity index (χ2v) is 7.33. The zero-order valence-corrected chi connectivity index (χ0v) is 13.4. The third-order valence-electron chi connectivity index (χ3n) is 5.29. The van der Waals surface area contributed by atoms with E-state index < -0.39 is 0 Å². The van der Waals surface area contributed by atoms with Crippen LogP contribution in [-0.2, 0) is 0 Å². The van der Waals surface area contributed by atoms with E-state index in [-0.39, 0.29) is 0 Å². The molecule has 2 fully saturated rings. The predicted molar refractivity (Wildman–Crippen MR) is 82.6 cm³/mol. The van der Waals surface area contributed by atoms with Crippen LogP contribution in [0.1, 0.15) is 46.0 Å². The van der Waals surface area contributed by atoms with Crippen LogP contribution in [0.4, 0.5) is 0 Å². The van der Waals surface area contributed by atoms with Crippen LogP contribution < -0.4 is 5.32 Å². The Morgan fingerprint density at radius 1 is 1.16 bits per heavy atom. The van der Waals surface area contributed by atoms with Crippen LogP contribution >= 0.6 is 0 Å². The molecule has 1 unspecified atom stereocenters. The first-order valence-electron chi connectivity index (χ1n) is 8.13. The zero-order valence-electron chi connectivity index (χ0n) is 13.4. The molecular weight excluding hydrogens is 234 g/mol. The van der Waals surface area contributed by atoms with Gasteiger partial charge in [0.25, 0.3) is 0 Å². The summed E-state index contributed by atoms with van der Waals surface area (Å²) in [6.07, 6.45) is 7.10. The third kappa shape index (κ3) is 3.93. The number of hydrogen-bond acceptors (Lipinski definition) is 3. The third-order valence-corrected chi connectivity index (χ3v) is 5.29. The fraction of sp³-hybridized carbons (Fsp3) is 1.00. The molecule has 2 aliphatic rings. The largest absolute Gasteiger partial charge is 0.314 e. The summed E-state index contributed by atoms with van der Waals surface area (Å²) in [4.78, 5) is 5.18. The molecule has 1 N–H and O–H groups in total. The maximum absolute atomic E-state index is 3.47. The molecule has 0 radical (unpaired) electrons. The average Bonchev–Trinajstić information content (AvgIpc) is 2.90. The Labute approximate surface area is 119 Å². The summed E-state index contributed by atoms with van der Waals surface area (Å²) >= 11 is 0. The van der Waals surface area contributed by atoms with Crippen molar-refractivity contribution in [2.45, 2.75) is 57.5 Å². The van der Waals surface area contributed by atoms with Crippen molar-refractivity contribution in [3.63, 3.8) is 0 Å². The highest BCUT2D eigenvalue weighted by atomic mass is 15.2. The lowest BCUT2D eigenvalue weighted by atomic mass is 9.84. The minimum atomic E-state index is 0.333. The van der Waals surface area contributed by atoms with E-state index in [1.807, 2.05) is 0 Å². The van der Waals surface area contributed by atoms with Gasteiger partial charge in [0.2, 0.25) is 0 Å². The molecule has 112 valence electrons. The maximum Gasteiger partial charge on any atom is 0.0169 e. The van der Waals surface area contributed by atoms with Crippen molar-refractivity contribution in [3.05, 3.63) is 0 Å². The number of hydrogen-bond donors (Lipinski definition) is 1. The van der Waals surface area contributed by atoms with Gasteiger partial charge in [-0.15, -0.1) is 0 Å². The van der Waals surface area contributed by atoms with Crippen LogP contribution in [0.5, 0.6) is 0 Å². The minimum absolute atomic E-state index is 0.333. The van der Waals surface area contributed by atoms with E-state index in [9.17, 15) is 0 Å². The van der Waals surface area contributed by atoms with Gasteiger partial charge in [-0.05, 0) is 53.1 Å². The highest BCUT2D eigenvalue weighted by Gasteiger charge is 2.35. The van der Waals surface area contributed by atoms with Crippen molar-refractivity contribution >= 4 is 0 Å². The molecule has 0 aromatic carbocycles. The van der Waals surface area contributed by atoms with Gasteiger partial charge in [0.05, 0.1) is 0 Å². The molecule has 0 aromatic rings. The molecule has 0 bridgehead atoms. The molecule has 1 atom stereocenters. The van der Waals surface area contributed by atoms with Crippen molar-refractivity contribution in [2.24, 2.45) is 5.92 Å². The summed E-state index contributed by atoms with van der Waals surface area (Å²) in [5.41, 5.74) is 0.333. The molecule has 2 rings (SSSR count). The summed E-state index contributed by atoms with van der Waals surface area (Å²) in [7, 11) is 4.55. The number of nitrogens with one attached hydrogen (secondary N) is 1. The molecule has 1 aliphatic carbocycles. The lowest BCUT2D eigenvalue weighted by Gasteiger charge is -2.45. The molecule has 1 saturated heterocycles. The Morgan fingerprint density at radius 2 is 1.74 bits per heavy atom. The van der Waals surface area contributed by atoms with E-state index in [1.54, 1.807) is 0 Å². The van der Waals surface area contributed by atoms with Crippen LogP contribution in [-0.4, -0.2) is 61.7 Å². The van der Waals surface area contributed by atoms with Crippen molar-refractivity contribution in [1.29, 1.82) is 0 Å². The van der Waals surface area contributed by atoms with Crippen LogP contribution in [0, 0.1) is 5.92 Å². The summed E-state index contributed by atoms with van der Waals surface area (Å²) < 4.78 is 0. The monoisotopic (exact) mass is 267 g/mol. The van der Waals surface area contributed by atoms with Gasteiger partial charge in [0, 0.05) is 37.8 Å². The number of rotatable bonds is 5. The topological polar surface area (TPSA) is 18.5 Å². The fourth-order valence-corrected chi connectivity index (χ4v) is 4.02. The molecule has 1 heterocycles. The zero-order chi connectivity index (χ0) is 13.9. The van der Waals surface area contributed by atoms with Crippen LogP contribution in [0.2, 0.25) is 0 Å². The molecule has 0 amide bonds. The predicted octanol–water partition coefficient (Wildman–Crippen LogP) is 2.18. The van der Waals surface area contributed by atoms with Gasteiger partial charge >= 0.3 is 0 Å². The van der Waals surface area contributed by atoms with E-state index in [1.165, 1.54) is 45.2 Å². The standard InChI is InChI=1S/C16H33N3/c1-16(2,19-11-9-17-10-12-19)13-15(18(3)4)14-7-5-6-8-14/h14-15,17H,5-13H2,1-4H3. The van der Waals surface area contributed by atoms with E-state index in [2.05, 4.69) is 43.1 Å². The number of nitrogens with zero attached hydrogens (tertiary/aromatic N) is 2. The Hall–Kier alpha value is -0.120. The SMILES string of the molecule is CN(C)C(CC(C)(C)N1CCNCC1)C1CCCC1. The van der Waals surface area contributed by atoms with E-state index in [0.717, 1.165) is 25.0 Å². The molecule has 0 spiro atoms. The molecule has 1 aliphatic heterocycles. The lowest BCUT2D eigenvalue weighted by Crippen LogP contribution is -2.56. The van der Waals surface area contributed by atoms with Crippen LogP contribution in [0.3, 0.4) is 0 Å². The number of piperazine rings is 1. The Kier molecular flexibility index (Phi) is 5.27. The van der Waals surface area contributed by atoms with Crippen LogP contribution in [0.15, 0.2) is 0 Å². The molecule has 1 saturated carbocycles. The van der Waals surface area contributed by atoms with Gasteiger partial charge in [0.15, 0.2) is 0 Å². The molecule has 3 heteroatoms. The van der Waals surface area contributed by atoms with Gasteiger partial charge in [-0.2, -0.15) is 0 Å². The average molecular weight is 267 g/mol. The second-order valence-electron chi connectivity index (χ2n) is 7.33. The highest BCUT2D eigenvalue weighted by Crippen LogP contribution is 2.34. The highest BCUT2D eigenvalue weighted by molar-refractivity contribution is 4.92. The minimum Gasteiger partial charge on any atom is -0.314 e. The summed E-state index contributed by atoms with van der Waals surface area (Å²) in [6, 6.07) is 0.757. The quantitative estimate of drug-likeness (QED) is 0.824. The molecular formula is C16H33N3. The van der Waals surface area contributed by atoms with E-state index in [4.69, 9.17) is 0 Å². The van der Waals surface area contributed by atoms with Gasteiger partial charge in [-0.25, -0.2) is 0 Å². The molecule has 0 aromatic heterocycles. The first-order valence-corrected chi connectivity index (χ1v) is 8.13. The Bertz CT molecular complexity index is 263. The molecule has 3 nitrogen and oxygen atoms in total. The van der Waals surface area contributed by atoms with E-state index >= 15 is 0 Å². The summed E-state index contributed by atoms with van der Waals surface area (Å²) in [5, 5.41) is 3.47. The van der Waals surface area contributed by atoms with Crippen molar-refractivity contribution in [2.75, 3.05) is 40.3 Å². The Balaban J connectivity index is 1.97. The van der Waals surface area contributed by atoms with Gasteiger partial charge in [-0.1, -0.05) is 12.8 Å². The first kappa shape index (κ1) is 15.3. The van der Waals surface area contributed by atoms with Gasteiger partial charge in [0.1, 0.15) is 0 Å². The smallest absolute Gasteiger partial charge is 0.0169 e. The maximum atomic E-state index is 3.47. The van der Waals surface area contributed by atoms with Crippen LogP contribution in [0.25, 0.3) is 0 Å². The first-order chi connectivity index (χ1) is 9.00. The van der Waals surface area contributed by atoms with Crippen molar-refractivity contribution in [1.82, 2.24) is 15.1 Å².